The minimum absolute atomic E-state index is 0. The quantitative estimate of drug-likeness (QED) is 0.575. The van der Waals surface area contributed by atoms with Gasteiger partial charge in [-0.1, -0.05) is 0 Å². The van der Waals surface area contributed by atoms with Crippen molar-refractivity contribution in [1.29, 1.82) is 0 Å². The van der Waals surface area contributed by atoms with E-state index in [2.05, 4.69) is 4.18 Å². The minimum Gasteiger partial charge on any atom is -0.375 e. The molecular formula is C4H13NO4S. The van der Waals surface area contributed by atoms with Crippen LogP contribution in [0.3, 0.4) is 0 Å². The van der Waals surface area contributed by atoms with E-state index in [1.54, 1.807) is 6.92 Å². The number of hydrogen-bond donors (Lipinski definition) is 2. The zero-order chi connectivity index (χ0) is 7.49. The van der Waals surface area contributed by atoms with Crippen LogP contribution in [0.5, 0.6) is 0 Å². The largest absolute Gasteiger partial charge is 0.375 e. The molecule has 1 unspecified atom stereocenters. The Balaban J connectivity index is 0. The lowest BCUT2D eigenvalue weighted by Gasteiger charge is -2.03. The van der Waals surface area contributed by atoms with Crippen LogP contribution in [-0.4, -0.2) is 25.6 Å². The van der Waals surface area contributed by atoms with Crippen molar-refractivity contribution in [3.05, 3.63) is 0 Å². The smallest absolute Gasteiger partial charge is 0.294 e. The van der Waals surface area contributed by atoms with Gasteiger partial charge in [-0.2, -0.15) is 8.42 Å². The summed E-state index contributed by atoms with van der Waals surface area (Å²) in [6.45, 7) is 2.75. The number of hydrogen-bond acceptors (Lipinski definition) is 5. The Labute approximate surface area is 60.7 Å². The van der Waals surface area contributed by atoms with Crippen molar-refractivity contribution in [2.75, 3.05) is 6.61 Å². The fraction of sp³-hybridized carbons (Fsp3) is 1.00. The molecule has 0 fully saturated rings. The lowest BCUT2D eigenvalue weighted by molar-refractivity contribution is 0.230. The van der Waals surface area contributed by atoms with E-state index in [4.69, 9.17) is 5.11 Å². The molecule has 0 aromatic carbocycles. The van der Waals surface area contributed by atoms with Crippen LogP contribution < -0.4 is 6.15 Å². The van der Waals surface area contributed by atoms with Crippen LogP contribution in [-0.2, 0) is 14.3 Å². The van der Waals surface area contributed by atoms with Crippen molar-refractivity contribution in [3.63, 3.8) is 0 Å². The average Bonchev–Trinajstić information content (AvgIpc) is 1.65. The first-order valence-corrected chi connectivity index (χ1v) is 4.04. The monoisotopic (exact) mass is 171 g/mol. The van der Waals surface area contributed by atoms with Crippen LogP contribution in [0.1, 0.15) is 13.8 Å². The molecule has 0 radical (unpaired) electrons. The second kappa shape index (κ2) is 4.62. The Kier molecular flexibility index (Phi) is 5.77. The van der Waals surface area contributed by atoms with E-state index in [1.807, 2.05) is 0 Å². The molecule has 0 amide bonds. The summed E-state index contributed by atoms with van der Waals surface area (Å²) in [5, 5.41) is 8.50. The van der Waals surface area contributed by atoms with Crippen molar-refractivity contribution < 1.29 is 17.7 Å². The van der Waals surface area contributed by atoms with Crippen molar-refractivity contribution in [2.45, 2.75) is 19.3 Å². The van der Waals surface area contributed by atoms with Gasteiger partial charge in [-0.3, -0.25) is 4.18 Å². The molecule has 0 aromatic heterocycles. The van der Waals surface area contributed by atoms with E-state index >= 15 is 0 Å². The first-order chi connectivity index (χ1) is 4.00. The maximum absolute atomic E-state index is 10.5. The van der Waals surface area contributed by atoms with E-state index < -0.39 is 15.6 Å². The van der Waals surface area contributed by atoms with Gasteiger partial charge >= 0.3 is 0 Å². The molecule has 0 rings (SSSR count). The van der Waals surface area contributed by atoms with E-state index in [0.717, 1.165) is 6.92 Å². The summed E-state index contributed by atoms with van der Waals surface area (Å²) >= 11 is 0. The summed E-state index contributed by atoms with van der Waals surface area (Å²) in [5.74, 6) is 0. The van der Waals surface area contributed by atoms with Gasteiger partial charge in [0.2, 0.25) is 0 Å². The molecule has 6 heteroatoms. The van der Waals surface area contributed by atoms with Crippen LogP contribution in [0.2, 0.25) is 0 Å². The van der Waals surface area contributed by atoms with Crippen molar-refractivity contribution in [3.8, 4) is 0 Å². The van der Waals surface area contributed by atoms with E-state index in [9.17, 15) is 8.42 Å². The van der Waals surface area contributed by atoms with Gasteiger partial charge in [0.25, 0.3) is 10.1 Å². The summed E-state index contributed by atoms with van der Waals surface area (Å²) in [6, 6.07) is 0. The minimum atomic E-state index is -3.69. The first kappa shape index (κ1) is 12.5. The molecule has 5 nitrogen and oxygen atoms in total. The fourth-order valence-electron chi connectivity index (χ4n) is 0.263. The van der Waals surface area contributed by atoms with Gasteiger partial charge in [0.1, 0.15) is 0 Å². The highest BCUT2D eigenvalue weighted by Gasteiger charge is 2.16. The van der Waals surface area contributed by atoms with Gasteiger partial charge in [-0.25, -0.2) is 0 Å². The van der Waals surface area contributed by atoms with E-state index in [0.29, 0.717) is 0 Å². The number of rotatable bonds is 3. The van der Waals surface area contributed by atoms with Gasteiger partial charge in [0.05, 0.1) is 6.61 Å². The van der Waals surface area contributed by atoms with E-state index in [1.165, 1.54) is 0 Å². The Morgan fingerprint density at radius 3 is 2.10 bits per heavy atom. The lowest BCUT2D eigenvalue weighted by Crippen LogP contribution is -2.19. The molecule has 0 bridgehead atoms. The SMILES string of the molecule is CCOS(=O)(=O)C(C)O.N. The maximum atomic E-state index is 10.5. The molecule has 0 aliphatic carbocycles. The Hall–Kier alpha value is -0.170. The normalized spacial score (nSPS) is 13.9. The molecule has 0 aliphatic rings. The average molecular weight is 171 g/mol. The van der Waals surface area contributed by atoms with Gasteiger partial charge in [-0.05, 0) is 13.8 Å². The lowest BCUT2D eigenvalue weighted by atomic mass is 10.9. The van der Waals surface area contributed by atoms with E-state index in [-0.39, 0.29) is 12.8 Å². The van der Waals surface area contributed by atoms with Crippen LogP contribution in [0.25, 0.3) is 0 Å². The molecule has 1 atom stereocenters. The van der Waals surface area contributed by atoms with Crippen LogP contribution >= 0.6 is 0 Å². The second-order valence-electron chi connectivity index (χ2n) is 1.50. The predicted molar refractivity (Wildman–Crippen MR) is 37.2 cm³/mol. The zero-order valence-electron chi connectivity index (χ0n) is 6.07. The molecule has 0 aromatic rings. The number of aliphatic hydroxyl groups excluding tert-OH is 1. The van der Waals surface area contributed by atoms with Gasteiger partial charge < -0.3 is 11.3 Å². The summed E-state index contributed by atoms with van der Waals surface area (Å²) in [5.41, 5.74) is -1.43. The topological polar surface area (TPSA) is 98.6 Å². The summed E-state index contributed by atoms with van der Waals surface area (Å²) in [4.78, 5) is 0. The van der Waals surface area contributed by atoms with Gasteiger partial charge in [0.15, 0.2) is 5.44 Å². The molecule has 0 heterocycles. The zero-order valence-corrected chi connectivity index (χ0v) is 6.89. The third-order valence-corrected chi connectivity index (χ3v) is 2.10. The highest BCUT2D eigenvalue weighted by molar-refractivity contribution is 7.87. The molecule has 0 aliphatic heterocycles. The molecule has 10 heavy (non-hydrogen) atoms. The van der Waals surface area contributed by atoms with Crippen LogP contribution in [0.15, 0.2) is 0 Å². The second-order valence-corrected chi connectivity index (χ2v) is 3.40. The van der Waals surface area contributed by atoms with Crippen LogP contribution in [0.4, 0.5) is 0 Å². The molecule has 4 N–H and O–H groups in total. The molecule has 0 saturated carbocycles. The third-order valence-electron chi connectivity index (χ3n) is 0.700. The fourth-order valence-corrected chi connectivity index (χ4v) is 0.788. The molecule has 64 valence electrons. The van der Waals surface area contributed by atoms with Gasteiger partial charge in [0, 0.05) is 0 Å². The summed E-state index contributed by atoms with van der Waals surface area (Å²) in [7, 11) is -3.69. The summed E-state index contributed by atoms with van der Waals surface area (Å²) < 4.78 is 25.1. The Morgan fingerprint density at radius 1 is 1.60 bits per heavy atom. The van der Waals surface area contributed by atoms with Crippen molar-refractivity contribution in [2.24, 2.45) is 0 Å². The highest BCUT2D eigenvalue weighted by Crippen LogP contribution is 1.98. The molecular weight excluding hydrogens is 158 g/mol. The van der Waals surface area contributed by atoms with Crippen molar-refractivity contribution in [1.82, 2.24) is 6.15 Å². The highest BCUT2D eigenvalue weighted by atomic mass is 32.2. The Morgan fingerprint density at radius 2 is 2.00 bits per heavy atom. The molecule has 0 saturated heterocycles. The van der Waals surface area contributed by atoms with Crippen LogP contribution in [0, 0.1) is 0 Å². The third kappa shape index (κ3) is 3.78. The summed E-state index contributed by atoms with van der Waals surface area (Å²) in [6.07, 6.45) is 0. The van der Waals surface area contributed by atoms with Gasteiger partial charge in [-0.15, -0.1) is 0 Å². The standard InChI is InChI=1S/C4H10O4S.H3N/c1-3-8-9(6,7)4(2)5;/h4-5H,3H2,1-2H3;1H3. The maximum Gasteiger partial charge on any atom is 0.294 e. The Bertz CT molecular complexity index is 162. The molecule has 0 spiro atoms. The first-order valence-electron chi connectivity index (χ1n) is 2.57. The number of aliphatic hydroxyl groups is 1. The predicted octanol–water partition coefficient (Wildman–Crippen LogP) is -0.147. The van der Waals surface area contributed by atoms with Crippen molar-refractivity contribution >= 4 is 10.1 Å².